The highest BCUT2D eigenvalue weighted by Crippen LogP contribution is 2.31. The van der Waals surface area contributed by atoms with Crippen LogP contribution in [-0.4, -0.2) is 50.5 Å². The van der Waals surface area contributed by atoms with Crippen molar-refractivity contribution in [3.8, 4) is 0 Å². The maximum Gasteiger partial charge on any atom is 0.292 e. The van der Waals surface area contributed by atoms with Gasteiger partial charge in [-0.15, -0.1) is 4.83 Å². The molecule has 0 spiro atoms. The van der Waals surface area contributed by atoms with E-state index < -0.39 is 20.9 Å². The summed E-state index contributed by atoms with van der Waals surface area (Å²) in [6, 6.07) is 10.2. The van der Waals surface area contributed by atoms with E-state index in [1.54, 1.807) is 35.4 Å². The smallest absolute Gasteiger partial charge is 0.292 e. The van der Waals surface area contributed by atoms with Gasteiger partial charge in [-0.3, -0.25) is 20.3 Å². The zero-order valence-corrected chi connectivity index (χ0v) is 17.0. The lowest BCUT2D eigenvalue weighted by Crippen LogP contribution is -2.41. The number of nitrogens with zero attached hydrogens (tertiary/aromatic N) is 2. The van der Waals surface area contributed by atoms with E-state index in [1.165, 1.54) is 6.07 Å². The molecule has 1 amide bonds. The van der Waals surface area contributed by atoms with Crippen LogP contribution in [0.1, 0.15) is 10.4 Å². The zero-order valence-electron chi connectivity index (χ0n) is 16.2. The molecule has 162 valence electrons. The van der Waals surface area contributed by atoms with Crippen LogP contribution < -0.4 is 15.2 Å². The second-order valence-corrected chi connectivity index (χ2v) is 8.49. The van der Waals surface area contributed by atoms with Crippen molar-refractivity contribution in [1.82, 2.24) is 15.2 Å². The molecule has 1 aliphatic rings. The molecule has 12 heteroatoms. The van der Waals surface area contributed by atoms with Crippen LogP contribution in [0.5, 0.6) is 0 Å². The number of hydrogen-bond donors (Lipinski definition) is 3. The number of aromatic nitrogens is 1. The number of rotatable bonds is 6. The number of benzene rings is 2. The van der Waals surface area contributed by atoms with E-state index in [0.29, 0.717) is 37.3 Å². The summed E-state index contributed by atoms with van der Waals surface area (Å²) in [5, 5.41) is 12.0. The Labute approximate surface area is 177 Å². The summed E-state index contributed by atoms with van der Waals surface area (Å²) in [5.41, 5.74) is 3.20. The van der Waals surface area contributed by atoms with Crippen LogP contribution >= 0.6 is 0 Å². The molecule has 1 fully saturated rings. The molecule has 2 heterocycles. The van der Waals surface area contributed by atoms with Crippen molar-refractivity contribution in [2.45, 2.75) is 4.90 Å². The fourth-order valence-corrected chi connectivity index (χ4v) is 4.26. The highest BCUT2D eigenvalue weighted by atomic mass is 32.2. The number of hydrogen-bond acceptors (Lipinski definition) is 7. The van der Waals surface area contributed by atoms with Crippen molar-refractivity contribution >= 4 is 38.2 Å². The number of sulfonamides is 1. The van der Waals surface area contributed by atoms with Gasteiger partial charge >= 0.3 is 0 Å². The number of anilines is 1. The Kier molecular flexibility index (Phi) is 5.59. The Balaban J connectivity index is 1.57. The summed E-state index contributed by atoms with van der Waals surface area (Å²) in [5.74, 6) is -0.635. The molecule has 1 aliphatic heterocycles. The quantitative estimate of drug-likeness (QED) is 0.385. The molecule has 3 aromatic rings. The number of nitrogens with one attached hydrogen (secondary N) is 3. The monoisotopic (exact) mass is 445 g/mol. The molecule has 1 saturated heterocycles. The van der Waals surface area contributed by atoms with Crippen molar-refractivity contribution in [3.63, 3.8) is 0 Å². The molecule has 0 radical (unpaired) electrons. The lowest BCUT2D eigenvalue weighted by Gasteiger charge is -2.28. The molecule has 0 atom stereocenters. The van der Waals surface area contributed by atoms with Gasteiger partial charge in [-0.05, 0) is 30.3 Å². The molecule has 11 nitrogen and oxygen atoms in total. The number of nitro benzene ring substituents is 1. The first kappa shape index (κ1) is 20.8. The molecular weight excluding hydrogens is 426 g/mol. The highest BCUT2D eigenvalue weighted by molar-refractivity contribution is 7.89. The number of amides is 1. The molecule has 0 saturated carbocycles. The number of aromatic amines is 1. The average molecular weight is 445 g/mol. The van der Waals surface area contributed by atoms with Gasteiger partial charge in [0.05, 0.1) is 28.6 Å². The summed E-state index contributed by atoms with van der Waals surface area (Å²) in [6.45, 7) is 1.56. The third-order valence-electron chi connectivity index (χ3n) is 4.94. The van der Waals surface area contributed by atoms with Crippen LogP contribution in [0, 0.1) is 10.1 Å². The second kappa shape index (κ2) is 8.34. The van der Waals surface area contributed by atoms with E-state index >= 15 is 0 Å². The van der Waals surface area contributed by atoms with Crippen molar-refractivity contribution in [1.29, 1.82) is 0 Å². The SMILES string of the molecule is O=C(NNS(=O)(=O)c1ccc([N+](=O)[O-])c(N2CCOCC2)c1)c1cccc2[nH]ccc12. The molecule has 0 bridgehead atoms. The van der Waals surface area contributed by atoms with Gasteiger partial charge < -0.3 is 14.6 Å². The maximum atomic E-state index is 12.8. The molecule has 0 aliphatic carbocycles. The first-order chi connectivity index (χ1) is 14.9. The normalized spacial score (nSPS) is 14.5. The number of carbonyl (C=O) groups excluding carboxylic acids is 1. The molecule has 1 aromatic heterocycles. The van der Waals surface area contributed by atoms with Gasteiger partial charge in [-0.25, -0.2) is 8.42 Å². The lowest BCUT2D eigenvalue weighted by atomic mass is 10.1. The second-order valence-electron chi connectivity index (χ2n) is 6.81. The van der Waals surface area contributed by atoms with E-state index in [0.717, 1.165) is 17.6 Å². The minimum atomic E-state index is -4.18. The largest absolute Gasteiger partial charge is 0.378 e. The fourth-order valence-electron chi connectivity index (χ4n) is 3.41. The number of fused-ring (bicyclic) bond motifs is 1. The zero-order chi connectivity index (χ0) is 22.0. The third-order valence-corrected chi connectivity index (χ3v) is 6.19. The molecule has 2 aromatic carbocycles. The first-order valence-corrected chi connectivity index (χ1v) is 10.8. The van der Waals surface area contributed by atoms with Crippen LogP contribution in [0.2, 0.25) is 0 Å². The van der Waals surface area contributed by atoms with E-state index in [-0.39, 0.29) is 16.3 Å². The Morgan fingerprint density at radius 3 is 2.68 bits per heavy atom. The molecule has 31 heavy (non-hydrogen) atoms. The van der Waals surface area contributed by atoms with E-state index in [2.05, 4.69) is 15.2 Å². The fraction of sp³-hybridized carbons (Fsp3) is 0.211. The van der Waals surface area contributed by atoms with Crippen LogP contribution in [0.15, 0.2) is 53.6 Å². The average Bonchev–Trinajstić information content (AvgIpc) is 3.26. The number of morpholine rings is 1. The summed E-state index contributed by atoms with van der Waals surface area (Å²) in [6.07, 6.45) is 1.68. The molecule has 0 unspecified atom stereocenters. The third kappa shape index (κ3) is 4.21. The van der Waals surface area contributed by atoms with E-state index in [4.69, 9.17) is 4.74 Å². The minimum Gasteiger partial charge on any atom is -0.378 e. The van der Waals surface area contributed by atoms with Gasteiger partial charge in [-0.2, -0.15) is 0 Å². The number of nitro groups is 1. The van der Waals surface area contributed by atoms with Crippen molar-refractivity contribution in [2.75, 3.05) is 31.2 Å². The van der Waals surface area contributed by atoms with Crippen molar-refractivity contribution < 1.29 is 22.9 Å². The maximum absolute atomic E-state index is 12.8. The summed E-state index contributed by atoms with van der Waals surface area (Å²) in [4.78, 5) is 29.9. The Morgan fingerprint density at radius 1 is 1.16 bits per heavy atom. The first-order valence-electron chi connectivity index (χ1n) is 9.36. The Morgan fingerprint density at radius 2 is 1.94 bits per heavy atom. The van der Waals surface area contributed by atoms with Gasteiger partial charge in [-0.1, -0.05) is 6.07 Å². The summed E-state index contributed by atoms with van der Waals surface area (Å²) < 4.78 is 30.8. The summed E-state index contributed by atoms with van der Waals surface area (Å²) >= 11 is 0. The molecule has 3 N–H and O–H groups in total. The number of carbonyl (C=O) groups is 1. The predicted octanol–water partition coefficient (Wildman–Crippen LogP) is 1.54. The van der Waals surface area contributed by atoms with E-state index in [9.17, 15) is 23.3 Å². The molecular formula is C19H19N5O6S. The van der Waals surface area contributed by atoms with Crippen LogP contribution in [0.4, 0.5) is 11.4 Å². The van der Waals surface area contributed by atoms with Gasteiger partial charge in [0.25, 0.3) is 21.6 Å². The summed E-state index contributed by atoms with van der Waals surface area (Å²) in [7, 11) is -4.18. The number of ether oxygens (including phenoxy) is 1. The predicted molar refractivity (Wildman–Crippen MR) is 112 cm³/mol. The Bertz CT molecular complexity index is 1250. The van der Waals surface area contributed by atoms with Gasteiger partial charge in [0, 0.05) is 36.3 Å². The number of hydrazine groups is 1. The van der Waals surface area contributed by atoms with Crippen LogP contribution in [0.3, 0.4) is 0 Å². The standard InChI is InChI=1S/C19H19N5O6S/c25-19(15-2-1-3-16-14(15)6-7-20-16)21-22-31(28,29)13-4-5-17(24(26)27)18(12-13)23-8-10-30-11-9-23/h1-7,12,20,22H,8-11H2,(H,21,25). The van der Waals surface area contributed by atoms with E-state index in [1.807, 2.05) is 0 Å². The number of H-pyrrole nitrogens is 1. The van der Waals surface area contributed by atoms with Gasteiger partial charge in [0.15, 0.2) is 0 Å². The minimum absolute atomic E-state index is 0.180. The lowest BCUT2D eigenvalue weighted by molar-refractivity contribution is -0.384. The van der Waals surface area contributed by atoms with Gasteiger partial charge in [0.1, 0.15) is 5.69 Å². The Hall–Kier alpha value is -3.48. The van der Waals surface area contributed by atoms with Crippen LogP contribution in [0.25, 0.3) is 10.9 Å². The highest BCUT2D eigenvalue weighted by Gasteiger charge is 2.25. The topological polar surface area (TPSA) is 147 Å². The van der Waals surface area contributed by atoms with Crippen molar-refractivity contribution in [2.24, 2.45) is 0 Å². The van der Waals surface area contributed by atoms with Gasteiger partial charge in [0.2, 0.25) is 0 Å². The van der Waals surface area contributed by atoms with Crippen LogP contribution in [-0.2, 0) is 14.8 Å². The van der Waals surface area contributed by atoms with Crippen molar-refractivity contribution in [3.05, 3.63) is 64.3 Å². The molecule has 4 rings (SSSR count).